The number of H-pyrrole nitrogens is 1. The molecule has 0 saturated carbocycles. The predicted octanol–water partition coefficient (Wildman–Crippen LogP) is 5.39. The molecule has 0 aliphatic rings. The van der Waals surface area contributed by atoms with E-state index < -0.39 is 0 Å². The largest absolute Gasteiger partial charge is 0.327 e. The number of fused-ring (bicyclic) bond motifs is 2. The van der Waals surface area contributed by atoms with Crippen LogP contribution in [-0.2, 0) is 17.3 Å². The van der Waals surface area contributed by atoms with E-state index in [4.69, 9.17) is 9.97 Å². The maximum atomic E-state index is 4.78. The Morgan fingerprint density at radius 1 is 1.04 bits per heavy atom. The third-order valence-electron chi connectivity index (χ3n) is 4.75. The van der Waals surface area contributed by atoms with Crippen molar-refractivity contribution in [2.45, 2.75) is 51.9 Å². The van der Waals surface area contributed by atoms with E-state index in [0.29, 0.717) is 0 Å². The number of hydrogen-bond donors (Lipinski definition) is 1. The number of aromatic nitrogens is 4. The summed E-state index contributed by atoms with van der Waals surface area (Å²) in [7, 11) is 0. The highest BCUT2D eigenvalue weighted by Gasteiger charge is 2.26. The maximum absolute atomic E-state index is 4.78. The topological polar surface area (TPSA) is 54.5 Å². The molecule has 134 valence electrons. The van der Waals surface area contributed by atoms with Gasteiger partial charge in [-0.3, -0.25) is 4.98 Å². The van der Waals surface area contributed by atoms with Gasteiger partial charge >= 0.3 is 0 Å². The number of imidazole rings is 1. The number of nitrogens with one attached hydrogen (secondary N) is 1. The van der Waals surface area contributed by atoms with Gasteiger partial charge in [-0.2, -0.15) is 0 Å². The van der Waals surface area contributed by atoms with E-state index in [1.165, 1.54) is 15.0 Å². The lowest BCUT2D eigenvalue weighted by atomic mass is 9.87. The molecule has 1 N–H and O–H groups in total. The Balaban J connectivity index is 1.66. The average molecular weight is 365 g/mol. The van der Waals surface area contributed by atoms with Crippen molar-refractivity contribution in [2.24, 2.45) is 0 Å². The van der Waals surface area contributed by atoms with Crippen LogP contribution in [0.2, 0.25) is 0 Å². The molecule has 0 amide bonds. The van der Waals surface area contributed by atoms with Gasteiger partial charge in [-0.1, -0.05) is 34.6 Å². The molecule has 0 aliphatic heterocycles. The molecule has 4 aromatic rings. The standard InChI is InChI=1S/C21H24N4S/c1-20(2,3)16-7-6-14-19(24-16)25-18(23-14)11-21(4,5)17-10-13-12-22-9-8-15(13)26-17/h6-10,12H,11H2,1-5H3,(H,23,24,25). The van der Waals surface area contributed by atoms with Crippen LogP contribution in [-0.4, -0.2) is 19.9 Å². The monoisotopic (exact) mass is 364 g/mol. The van der Waals surface area contributed by atoms with Gasteiger partial charge in [0.25, 0.3) is 0 Å². The van der Waals surface area contributed by atoms with Crippen molar-refractivity contribution in [3.8, 4) is 0 Å². The zero-order valence-electron chi connectivity index (χ0n) is 15.9. The molecule has 0 unspecified atom stereocenters. The van der Waals surface area contributed by atoms with Crippen LogP contribution in [0.25, 0.3) is 21.3 Å². The van der Waals surface area contributed by atoms with Crippen molar-refractivity contribution in [3.63, 3.8) is 0 Å². The molecule has 0 aliphatic carbocycles. The summed E-state index contributed by atoms with van der Waals surface area (Å²) in [4.78, 5) is 18.6. The summed E-state index contributed by atoms with van der Waals surface area (Å²) in [6.07, 6.45) is 4.63. The average Bonchev–Trinajstić information content (AvgIpc) is 3.16. The quantitative estimate of drug-likeness (QED) is 0.530. The van der Waals surface area contributed by atoms with Crippen LogP contribution < -0.4 is 0 Å². The lowest BCUT2D eigenvalue weighted by Crippen LogP contribution is -2.19. The first-order valence-corrected chi connectivity index (χ1v) is 9.74. The summed E-state index contributed by atoms with van der Waals surface area (Å²) in [5.41, 5.74) is 2.92. The SMILES string of the molecule is CC(C)(C)c1ccc2nc(CC(C)(C)c3cc4cnccc4s3)[nH]c2n1. The van der Waals surface area contributed by atoms with E-state index in [1.54, 1.807) is 0 Å². The normalized spacial score (nSPS) is 13.0. The summed E-state index contributed by atoms with van der Waals surface area (Å²) < 4.78 is 1.28. The van der Waals surface area contributed by atoms with Crippen molar-refractivity contribution in [3.05, 3.63) is 53.1 Å². The molecule has 4 rings (SSSR count). The minimum absolute atomic E-state index is 0.00950. The Bertz CT molecular complexity index is 1050. The third-order valence-corrected chi connectivity index (χ3v) is 6.24. The van der Waals surface area contributed by atoms with Gasteiger partial charge < -0.3 is 4.98 Å². The van der Waals surface area contributed by atoms with Crippen LogP contribution in [0, 0.1) is 0 Å². The van der Waals surface area contributed by atoms with Gasteiger partial charge in [0.1, 0.15) is 11.3 Å². The van der Waals surface area contributed by atoms with Gasteiger partial charge in [0.2, 0.25) is 0 Å². The van der Waals surface area contributed by atoms with Crippen LogP contribution in [0.3, 0.4) is 0 Å². The smallest absolute Gasteiger partial charge is 0.157 e. The Labute approximate surface area is 157 Å². The molecule has 0 saturated heterocycles. The Kier molecular flexibility index (Phi) is 3.88. The zero-order valence-corrected chi connectivity index (χ0v) is 16.7. The lowest BCUT2D eigenvalue weighted by Gasteiger charge is -2.21. The highest BCUT2D eigenvalue weighted by Crippen LogP contribution is 2.36. The van der Waals surface area contributed by atoms with Gasteiger partial charge in [-0.25, -0.2) is 9.97 Å². The Morgan fingerprint density at radius 2 is 1.85 bits per heavy atom. The molecule has 4 nitrogen and oxygen atoms in total. The molecule has 5 heteroatoms. The number of aromatic amines is 1. The number of nitrogens with zero attached hydrogens (tertiary/aromatic N) is 3. The van der Waals surface area contributed by atoms with Crippen molar-refractivity contribution in [1.82, 2.24) is 19.9 Å². The van der Waals surface area contributed by atoms with Crippen LogP contribution >= 0.6 is 11.3 Å². The lowest BCUT2D eigenvalue weighted by molar-refractivity contribution is 0.521. The molecule has 0 radical (unpaired) electrons. The summed E-state index contributed by atoms with van der Waals surface area (Å²) >= 11 is 1.84. The van der Waals surface area contributed by atoms with E-state index in [2.05, 4.69) is 68.9 Å². The number of rotatable bonds is 3. The second-order valence-electron chi connectivity index (χ2n) is 8.58. The molecule has 26 heavy (non-hydrogen) atoms. The molecule has 0 bridgehead atoms. The molecule has 4 aromatic heterocycles. The summed E-state index contributed by atoms with van der Waals surface area (Å²) in [5, 5.41) is 1.21. The van der Waals surface area contributed by atoms with Gasteiger partial charge in [-0.05, 0) is 24.3 Å². The minimum atomic E-state index is -0.00950. The van der Waals surface area contributed by atoms with Crippen LogP contribution in [0.15, 0.2) is 36.7 Å². The van der Waals surface area contributed by atoms with Gasteiger partial charge in [0, 0.05) is 50.3 Å². The van der Waals surface area contributed by atoms with Gasteiger partial charge in [-0.15, -0.1) is 11.3 Å². The van der Waals surface area contributed by atoms with E-state index in [0.717, 1.165) is 29.1 Å². The maximum Gasteiger partial charge on any atom is 0.157 e. The fourth-order valence-electron chi connectivity index (χ4n) is 3.17. The predicted molar refractivity (Wildman–Crippen MR) is 109 cm³/mol. The molecular formula is C21H24N4S. The van der Waals surface area contributed by atoms with E-state index in [9.17, 15) is 0 Å². The molecular weight excluding hydrogens is 340 g/mol. The van der Waals surface area contributed by atoms with Gasteiger partial charge in [0.05, 0.1) is 0 Å². The number of thiophene rings is 1. The zero-order chi connectivity index (χ0) is 18.5. The fourth-order valence-corrected chi connectivity index (χ4v) is 4.30. The Hall–Kier alpha value is -2.27. The van der Waals surface area contributed by atoms with Crippen LogP contribution in [0.1, 0.15) is 51.0 Å². The number of pyridine rings is 2. The van der Waals surface area contributed by atoms with E-state index in [1.807, 2.05) is 23.7 Å². The van der Waals surface area contributed by atoms with Crippen LogP contribution in [0.4, 0.5) is 0 Å². The second kappa shape index (κ2) is 5.88. The molecule has 0 fully saturated rings. The molecule has 0 spiro atoms. The van der Waals surface area contributed by atoms with E-state index >= 15 is 0 Å². The van der Waals surface area contributed by atoms with E-state index in [-0.39, 0.29) is 10.8 Å². The summed E-state index contributed by atoms with van der Waals surface area (Å²) in [6, 6.07) is 8.49. The molecule has 0 aromatic carbocycles. The first kappa shape index (κ1) is 17.2. The first-order chi connectivity index (χ1) is 12.2. The Morgan fingerprint density at radius 3 is 2.58 bits per heavy atom. The fraction of sp³-hybridized carbons (Fsp3) is 0.381. The van der Waals surface area contributed by atoms with Gasteiger partial charge in [0.15, 0.2) is 5.65 Å². The molecule has 0 atom stereocenters. The highest BCUT2D eigenvalue weighted by molar-refractivity contribution is 7.19. The minimum Gasteiger partial charge on any atom is -0.327 e. The second-order valence-corrected chi connectivity index (χ2v) is 9.67. The van der Waals surface area contributed by atoms with Crippen molar-refractivity contribution in [2.75, 3.05) is 0 Å². The van der Waals surface area contributed by atoms with Crippen molar-refractivity contribution >= 4 is 32.6 Å². The summed E-state index contributed by atoms with van der Waals surface area (Å²) in [5.74, 6) is 0.985. The molecule has 4 heterocycles. The number of hydrogen-bond acceptors (Lipinski definition) is 4. The third kappa shape index (κ3) is 3.12. The highest BCUT2D eigenvalue weighted by atomic mass is 32.1. The van der Waals surface area contributed by atoms with Crippen molar-refractivity contribution < 1.29 is 0 Å². The summed E-state index contributed by atoms with van der Waals surface area (Å²) in [6.45, 7) is 11.1. The van der Waals surface area contributed by atoms with Crippen molar-refractivity contribution in [1.29, 1.82) is 0 Å². The first-order valence-electron chi connectivity index (χ1n) is 8.92. The van der Waals surface area contributed by atoms with Crippen LogP contribution in [0.5, 0.6) is 0 Å².